The lowest BCUT2D eigenvalue weighted by molar-refractivity contribution is 0.456. The molecule has 0 unspecified atom stereocenters. The van der Waals surface area contributed by atoms with Crippen molar-refractivity contribution in [2.45, 2.75) is 18.9 Å². The van der Waals surface area contributed by atoms with Crippen LogP contribution in [0.25, 0.3) is 0 Å². The normalized spacial score (nSPS) is 17.4. The van der Waals surface area contributed by atoms with Crippen LogP contribution in [0.3, 0.4) is 0 Å². The zero-order valence-electron chi connectivity index (χ0n) is 7.77. The lowest BCUT2D eigenvalue weighted by Crippen LogP contribution is -2.12. The summed E-state index contributed by atoms with van der Waals surface area (Å²) in [5.74, 6) is 0.650. The van der Waals surface area contributed by atoms with Gasteiger partial charge in [0, 0.05) is 11.6 Å². The molecule has 72 valence electrons. The summed E-state index contributed by atoms with van der Waals surface area (Å²) in [5.41, 5.74) is 7.17. The smallest absolute Gasteiger partial charge is 0.121 e. The van der Waals surface area contributed by atoms with E-state index in [9.17, 15) is 5.11 Å². The van der Waals surface area contributed by atoms with Crippen molar-refractivity contribution in [3.8, 4) is 11.8 Å². The van der Waals surface area contributed by atoms with E-state index >= 15 is 0 Å². The lowest BCUT2D eigenvalue weighted by Gasteiger charge is -2.12. The Balaban J connectivity index is 2.30. The third kappa shape index (κ3) is 1.57. The average Bonchev–Trinajstić information content (AvgIpc) is 3.00. The first-order valence-electron chi connectivity index (χ1n) is 4.71. The summed E-state index contributed by atoms with van der Waals surface area (Å²) in [4.78, 5) is 0. The van der Waals surface area contributed by atoms with E-state index in [1.54, 1.807) is 12.1 Å². The number of phenolic OH excluding ortho intramolecular Hbond substituents is 1. The Hall–Kier alpha value is -1.53. The van der Waals surface area contributed by atoms with Gasteiger partial charge in [-0.1, -0.05) is 6.07 Å². The van der Waals surface area contributed by atoms with Crippen molar-refractivity contribution in [3.05, 3.63) is 29.3 Å². The molecule has 1 fully saturated rings. The Labute approximate surface area is 82.8 Å². The highest BCUT2D eigenvalue weighted by Gasteiger charge is 2.30. The van der Waals surface area contributed by atoms with E-state index in [4.69, 9.17) is 11.0 Å². The molecule has 0 bridgehead atoms. The second-order valence-corrected chi connectivity index (χ2v) is 3.75. The van der Waals surface area contributed by atoms with Crippen molar-refractivity contribution in [3.63, 3.8) is 0 Å². The summed E-state index contributed by atoms with van der Waals surface area (Å²) in [6.45, 7) is 0. The highest BCUT2D eigenvalue weighted by molar-refractivity contribution is 5.43. The monoisotopic (exact) mass is 188 g/mol. The van der Waals surface area contributed by atoms with E-state index in [2.05, 4.69) is 0 Å². The molecule has 0 spiro atoms. The van der Waals surface area contributed by atoms with Crippen molar-refractivity contribution >= 4 is 0 Å². The maximum Gasteiger partial charge on any atom is 0.121 e. The van der Waals surface area contributed by atoms with Gasteiger partial charge in [0.25, 0.3) is 0 Å². The van der Waals surface area contributed by atoms with Gasteiger partial charge in [0.05, 0.1) is 11.6 Å². The third-order valence-electron chi connectivity index (χ3n) is 2.65. The molecule has 0 amide bonds. The number of nitrogens with zero attached hydrogens (tertiary/aromatic N) is 1. The Morgan fingerprint density at radius 3 is 2.71 bits per heavy atom. The zero-order chi connectivity index (χ0) is 10.1. The molecule has 3 N–H and O–H groups in total. The molecule has 0 saturated heterocycles. The predicted molar refractivity (Wildman–Crippen MR) is 52.5 cm³/mol. The highest BCUT2D eigenvalue weighted by atomic mass is 16.3. The summed E-state index contributed by atoms with van der Waals surface area (Å²) in [6.07, 6.45) is 2.28. The lowest BCUT2D eigenvalue weighted by atomic mass is 10.0. The third-order valence-corrected chi connectivity index (χ3v) is 2.65. The van der Waals surface area contributed by atoms with Crippen molar-refractivity contribution in [2.24, 2.45) is 11.7 Å². The minimum absolute atomic E-state index is 0.0808. The van der Waals surface area contributed by atoms with E-state index < -0.39 is 0 Å². The number of aromatic hydroxyl groups is 1. The standard InChI is InChI=1S/C11H12N2O/c12-6-7-1-4-9(10(14)5-7)11(13)8-2-3-8/h1,4-5,8,11,14H,2-3,13H2/t11-/m1/s1. The van der Waals surface area contributed by atoms with Crippen molar-refractivity contribution < 1.29 is 5.11 Å². The van der Waals surface area contributed by atoms with E-state index in [0.717, 1.165) is 18.4 Å². The van der Waals surface area contributed by atoms with E-state index in [0.29, 0.717) is 11.5 Å². The molecule has 3 nitrogen and oxygen atoms in total. The van der Waals surface area contributed by atoms with Gasteiger partial charge in [-0.2, -0.15) is 5.26 Å². The molecule has 14 heavy (non-hydrogen) atoms. The Morgan fingerprint density at radius 1 is 1.50 bits per heavy atom. The van der Waals surface area contributed by atoms with Crippen LogP contribution in [-0.4, -0.2) is 5.11 Å². The van der Waals surface area contributed by atoms with Gasteiger partial charge in [0.15, 0.2) is 0 Å². The maximum atomic E-state index is 9.64. The van der Waals surface area contributed by atoms with Gasteiger partial charge < -0.3 is 10.8 Å². The molecule has 1 aromatic carbocycles. The Kier molecular flexibility index (Phi) is 2.14. The molecular formula is C11H12N2O. The van der Waals surface area contributed by atoms with Crippen LogP contribution in [0.4, 0.5) is 0 Å². The maximum absolute atomic E-state index is 9.64. The van der Waals surface area contributed by atoms with Crippen molar-refractivity contribution in [2.75, 3.05) is 0 Å². The molecule has 1 aromatic rings. The first-order chi connectivity index (χ1) is 6.72. The van der Waals surface area contributed by atoms with Crippen LogP contribution in [0.2, 0.25) is 0 Å². The van der Waals surface area contributed by atoms with E-state index in [1.807, 2.05) is 6.07 Å². The number of rotatable bonds is 2. The highest BCUT2D eigenvalue weighted by Crippen LogP contribution is 2.41. The SMILES string of the molecule is N#Cc1ccc([C@H](N)C2CC2)c(O)c1. The van der Waals surface area contributed by atoms with Crippen LogP contribution in [0.5, 0.6) is 5.75 Å². The summed E-state index contributed by atoms with van der Waals surface area (Å²) in [7, 11) is 0. The molecule has 0 aromatic heterocycles. The second kappa shape index (κ2) is 3.32. The summed E-state index contributed by atoms with van der Waals surface area (Å²) in [6, 6.07) is 6.81. The number of hydrogen-bond donors (Lipinski definition) is 2. The van der Waals surface area contributed by atoms with Crippen LogP contribution in [-0.2, 0) is 0 Å². The van der Waals surface area contributed by atoms with Gasteiger partial charge in [0.1, 0.15) is 5.75 Å². The van der Waals surface area contributed by atoms with Gasteiger partial charge in [-0.3, -0.25) is 0 Å². The fourth-order valence-corrected chi connectivity index (χ4v) is 1.60. The van der Waals surface area contributed by atoms with Crippen molar-refractivity contribution in [1.82, 2.24) is 0 Å². The van der Waals surface area contributed by atoms with Gasteiger partial charge in [-0.15, -0.1) is 0 Å². The first-order valence-corrected chi connectivity index (χ1v) is 4.71. The minimum Gasteiger partial charge on any atom is -0.508 e. The Morgan fingerprint density at radius 2 is 2.21 bits per heavy atom. The molecular weight excluding hydrogens is 176 g/mol. The van der Waals surface area contributed by atoms with Gasteiger partial charge in [0.2, 0.25) is 0 Å². The number of nitrogens with two attached hydrogens (primary N) is 1. The fraction of sp³-hybridized carbons (Fsp3) is 0.364. The molecule has 0 heterocycles. The second-order valence-electron chi connectivity index (χ2n) is 3.75. The fourth-order valence-electron chi connectivity index (χ4n) is 1.60. The number of hydrogen-bond acceptors (Lipinski definition) is 3. The number of benzene rings is 1. The van der Waals surface area contributed by atoms with E-state index in [1.165, 1.54) is 6.07 Å². The van der Waals surface area contributed by atoms with E-state index in [-0.39, 0.29) is 11.8 Å². The zero-order valence-corrected chi connectivity index (χ0v) is 7.77. The number of phenols is 1. The molecule has 0 radical (unpaired) electrons. The molecule has 0 aliphatic heterocycles. The van der Waals surface area contributed by atoms with Crippen LogP contribution >= 0.6 is 0 Å². The number of nitriles is 1. The molecule has 1 aliphatic rings. The predicted octanol–water partition coefficient (Wildman–Crippen LogP) is 1.67. The average molecular weight is 188 g/mol. The quantitative estimate of drug-likeness (QED) is 0.741. The largest absolute Gasteiger partial charge is 0.508 e. The minimum atomic E-state index is -0.0808. The molecule has 1 aliphatic carbocycles. The molecule has 1 saturated carbocycles. The van der Waals surface area contributed by atoms with Crippen LogP contribution < -0.4 is 5.73 Å². The molecule has 3 heteroatoms. The van der Waals surface area contributed by atoms with Crippen LogP contribution in [0.15, 0.2) is 18.2 Å². The first kappa shape index (κ1) is 9.04. The van der Waals surface area contributed by atoms with Crippen LogP contribution in [0, 0.1) is 17.2 Å². The molecule has 1 atom stereocenters. The summed E-state index contributed by atoms with van der Waals surface area (Å²) in [5, 5.41) is 18.3. The summed E-state index contributed by atoms with van der Waals surface area (Å²) < 4.78 is 0. The summed E-state index contributed by atoms with van der Waals surface area (Å²) >= 11 is 0. The van der Waals surface area contributed by atoms with Gasteiger partial charge >= 0.3 is 0 Å². The topological polar surface area (TPSA) is 70.0 Å². The Bertz CT molecular complexity index is 391. The van der Waals surface area contributed by atoms with Gasteiger partial charge in [-0.05, 0) is 30.9 Å². The van der Waals surface area contributed by atoms with Crippen LogP contribution in [0.1, 0.15) is 30.0 Å². The van der Waals surface area contributed by atoms with Crippen molar-refractivity contribution in [1.29, 1.82) is 5.26 Å². The molecule has 2 rings (SSSR count). The van der Waals surface area contributed by atoms with Gasteiger partial charge in [-0.25, -0.2) is 0 Å².